The van der Waals surface area contributed by atoms with Gasteiger partial charge in [-0.25, -0.2) is 0 Å². The Bertz CT molecular complexity index is 480. The van der Waals surface area contributed by atoms with E-state index in [0.717, 1.165) is 17.5 Å². The predicted octanol–water partition coefficient (Wildman–Crippen LogP) is 3.23. The van der Waals surface area contributed by atoms with Gasteiger partial charge in [-0.3, -0.25) is 9.69 Å². The summed E-state index contributed by atoms with van der Waals surface area (Å²) >= 11 is 0. The molecule has 0 saturated heterocycles. The van der Waals surface area contributed by atoms with E-state index in [4.69, 9.17) is 4.74 Å². The van der Waals surface area contributed by atoms with Crippen molar-refractivity contribution in [3.8, 4) is 5.75 Å². The van der Waals surface area contributed by atoms with E-state index >= 15 is 0 Å². The molecule has 0 heterocycles. The van der Waals surface area contributed by atoms with Crippen LogP contribution in [-0.4, -0.2) is 37.4 Å². The van der Waals surface area contributed by atoms with Crippen molar-refractivity contribution < 1.29 is 9.53 Å². The van der Waals surface area contributed by atoms with E-state index in [-0.39, 0.29) is 5.78 Å². The van der Waals surface area contributed by atoms with Gasteiger partial charge in [0.05, 0.1) is 18.2 Å². The predicted molar refractivity (Wildman–Crippen MR) is 79.2 cm³/mol. The minimum atomic E-state index is -0.507. The maximum absolute atomic E-state index is 12.9. The molecule has 1 rings (SSSR count). The Labute approximate surface area is 116 Å². The van der Waals surface area contributed by atoms with Crippen LogP contribution in [0.2, 0.25) is 0 Å². The summed E-state index contributed by atoms with van der Waals surface area (Å²) in [7, 11) is 5.50. The Morgan fingerprint density at radius 3 is 2.32 bits per heavy atom. The molecule has 0 spiro atoms. The molecule has 0 aliphatic heterocycles. The van der Waals surface area contributed by atoms with Gasteiger partial charge in [0.1, 0.15) is 5.75 Å². The summed E-state index contributed by atoms with van der Waals surface area (Å²) in [6.07, 6.45) is 0.759. The molecule has 106 valence electrons. The highest BCUT2D eigenvalue weighted by Crippen LogP contribution is 2.31. The van der Waals surface area contributed by atoms with Crippen molar-refractivity contribution in [2.75, 3.05) is 21.2 Å². The molecule has 0 fully saturated rings. The van der Waals surface area contributed by atoms with Crippen LogP contribution >= 0.6 is 0 Å². The lowest BCUT2D eigenvalue weighted by Gasteiger charge is -2.34. The summed E-state index contributed by atoms with van der Waals surface area (Å²) in [6.45, 7) is 7.99. The van der Waals surface area contributed by atoms with Gasteiger partial charge in [0.15, 0.2) is 5.78 Å². The van der Waals surface area contributed by atoms with Gasteiger partial charge in [-0.05, 0) is 58.5 Å². The van der Waals surface area contributed by atoms with E-state index in [9.17, 15) is 4.79 Å². The molecule has 1 unspecified atom stereocenters. The number of methoxy groups -OCH3 is 1. The smallest absolute Gasteiger partial charge is 0.186 e. The normalized spacial score (nSPS) is 14.3. The van der Waals surface area contributed by atoms with E-state index in [1.807, 2.05) is 58.8 Å². The number of benzene rings is 1. The number of Topliss-reactive ketones (excluding diaryl/α,β-unsaturated/α-hetero) is 1. The molecule has 0 saturated carbocycles. The lowest BCUT2D eigenvalue weighted by atomic mass is 9.85. The highest BCUT2D eigenvalue weighted by atomic mass is 16.5. The first kappa shape index (κ1) is 15.7. The minimum Gasteiger partial charge on any atom is -0.496 e. The highest BCUT2D eigenvalue weighted by Gasteiger charge is 2.36. The Balaban J connectivity index is 3.41. The third-order valence-electron chi connectivity index (χ3n) is 4.06. The van der Waals surface area contributed by atoms with Crippen LogP contribution in [0.25, 0.3) is 0 Å². The largest absolute Gasteiger partial charge is 0.496 e. The second kappa shape index (κ2) is 5.74. The van der Waals surface area contributed by atoms with Crippen LogP contribution < -0.4 is 4.74 Å². The molecule has 0 N–H and O–H groups in total. The molecule has 19 heavy (non-hydrogen) atoms. The van der Waals surface area contributed by atoms with E-state index in [2.05, 4.69) is 0 Å². The third kappa shape index (κ3) is 2.81. The van der Waals surface area contributed by atoms with Crippen LogP contribution in [0, 0.1) is 13.8 Å². The maximum Gasteiger partial charge on any atom is 0.186 e. The van der Waals surface area contributed by atoms with E-state index in [1.165, 1.54) is 0 Å². The standard InChI is InChI=1S/C16H25NO2/c1-8-16(4,17(5)6)15(18)14-12(3)9-11(2)10-13(14)19-7/h9-10H,8H2,1-7H3. The number of hydrogen-bond donors (Lipinski definition) is 0. The molecule has 0 bridgehead atoms. The second-order valence-corrected chi connectivity index (χ2v) is 5.51. The fourth-order valence-electron chi connectivity index (χ4n) is 2.33. The lowest BCUT2D eigenvalue weighted by Crippen LogP contribution is -2.48. The van der Waals surface area contributed by atoms with Crippen molar-refractivity contribution >= 4 is 5.78 Å². The van der Waals surface area contributed by atoms with Crippen LogP contribution in [0.15, 0.2) is 12.1 Å². The molecule has 1 aromatic carbocycles. The number of ketones is 1. The Hall–Kier alpha value is -1.35. The van der Waals surface area contributed by atoms with Crippen LogP contribution in [0.1, 0.15) is 41.8 Å². The molecular formula is C16H25NO2. The summed E-state index contributed by atoms with van der Waals surface area (Å²) < 4.78 is 5.41. The van der Waals surface area contributed by atoms with Crippen molar-refractivity contribution in [3.05, 3.63) is 28.8 Å². The topological polar surface area (TPSA) is 29.5 Å². The number of aryl methyl sites for hydroxylation is 2. The zero-order valence-corrected chi connectivity index (χ0v) is 13.1. The summed E-state index contributed by atoms with van der Waals surface area (Å²) in [6, 6.07) is 3.95. The molecule has 3 nitrogen and oxygen atoms in total. The molecule has 0 aromatic heterocycles. The molecule has 0 aliphatic rings. The van der Waals surface area contributed by atoms with Crippen molar-refractivity contribution in [1.29, 1.82) is 0 Å². The number of ether oxygens (including phenoxy) is 1. The van der Waals surface area contributed by atoms with Crippen molar-refractivity contribution in [2.45, 2.75) is 39.7 Å². The fourth-order valence-corrected chi connectivity index (χ4v) is 2.33. The van der Waals surface area contributed by atoms with E-state index in [1.54, 1.807) is 7.11 Å². The van der Waals surface area contributed by atoms with Gasteiger partial charge in [0, 0.05) is 0 Å². The lowest BCUT2D eigenvalue weighted by molar-refractivity contribution is 0.0706. The maximum atomic E-state index is 12.9. The van der Waals surface area contributed by atoms with Gasteiger partial charge in [-0.15, -0.1) is 0 Å². The first-order valence-corrected chi connectivity index (χ1v) is 6.65. The number of carbonyl (C=O) groups excluding carboxylic acids is 1. The van der Waals surface area contributed by atoms with E-state index in [0.29, 0.717) is 11.3 Å². The molecule has 0 amide bonds. The molecule has 0 radical (unpaired) electrons. The van der Waals surface area contributed by atoms with Crippen molar-refractivity contribution in [3.63, 3.8) is 0 Å². The number of rotatable bonds is 5. The first-order valence-electron chi connectivity index (χ1n) is 6.65. The van der Waals surface area contributed by atoms with Crippen LogP contribution in [0.5, 0.6) is 5.75 Å². The zero-order valence-electron chi connectivity index (χ0n) is 13.1. The summed E-state index contributed by atoms with van der Waals surface area (Å²) in [5.41, 5.74) is 2.27. The summed E-state index contributed by atoms with van der Waals surface area (Å²) in [4.78, 5) is 14.9. The average molecular weight is 263 g/mol. The SMILES string of the molecule is CCC(C)(C(=O)c1c(C)cc(C)cc1OC)N(C)C. The number of likely N-dealkylation sites (N-methyl/N-ethyl adjacent to an activating group) is 1. The average Bonchev–Trinajstić information content (AvgIpc) is 2.35. The Morgan fingerprint density at radius 2 is 1.89 bits per heavy atom. The van der Waals surface area contributed by atoms with Gasteiger partial charge in [0.25, 0.3) is 0 Å². The quantitative estimate of drug-likeness (QED) is 0.764. The van der Waals surface area contributed by atoms with Crippen LogP contribution in [0.3, 0.4) is 0 Å². The van der Waals surface area contributed by atoms with Gasteiger partial charge >= 0.3 is 0 Å². The minimum absolute atomic E-state index is 0.120. The van der Waals surface area contributed by atoms with Crippen LogP contribution in [0.4, 0.5) is 0 Å². The number of hydrogen-bond acceptors (Lipinski definition) is 3. The first-order chi connectivity index (χ1) is 8.77. The van der Waals surface area contributed by atoms with E-state index < -0.39 is 5.54 Å². The fraction of sp³-hybridized carbons (Fsp3) is 0.562. The second-order valence-electron chi connectivity index (χ2n) is 5.51. The number of carbonyl (C=O) groups is 1. The van der Waals surface area contributed by atoms with Crippen molar-refractivity contribution in [2.24, 2.45) is 0 Å². The molecule has 3 heteroatoms. The zero-order chi connectivity index (χ0) is 14.8. The molecular weight excluding hydrogens is 238 g/mol. The number of nitrogens with zero attached hydrogens (tertiary/aromatic N) is 1. The van der Waals surface area contributed by atoms with Gasteiger partial charge < -0.3 is 4.74 Å². The highest BCUT2D eigenvalue weighted by molar-refractivity contribution is 6.06. The Morgan fingerprint density at radius 1 is 1.32 bits per heavy atom. The van der Waals surface area contributed by atoms with Crippen LogP contribution in [-0.2, 0) is 0 Å². The van der Waals surface area contributed by atoms with Gasteiger partial charge in [0.2, 0.25) is 0 Å². The monoisotopic (exact) mass is 263 g/mol. The molecule has 0 aliphatic carbocycles. The molecule has 1 atom stereocenters. The van der Waals surface area contributed by atoms with Crippen molar-refractivity contribution in [1.82, 2.24) is 4.90 Å². The molecule has 1 aromatic rings. The van der Waals surface area contributed by atoms with Gasteiger partial charge in [-0.2, -0.15) is 0 Å². The third-order valence-corrected chi connectivity index (χ3v) is 4.06. The van der Waals surface area contributed by atoms with Gasteiger partial charge in [-0.1, -0.05) is 13.0 Å². The summed E-state index contributed by atoms with van der Waals surface area (Å²) in [5, 5.41) is 0. The Kier molecular flexibility index (Phi) is 4.75. The summed E-state index contributed by atoms with van der Waals surface area (Å²) in [5.74, 6) is 0.790.